The lowest BCUT2D eigenvalue weighted by Crippen LogP contribution is -2.35. The number of likely N-dealkylation sites (tertiary alicyclic amines) is 1. The number of fused-ring (bicyclic) bond motifs is 1. The predicted molar refractivity (Wildman–Crippen MR) is 114 cm³/mol. The molecule has 4 heterocycles. The van der Waals surface area contributed by atoms with Crippen LogP contribution in [0.5, 0.6) is 0 Å². The van der Waals surface area contributed by atoms with Gasteiger partial charge in [0.25, 0.3) is 5.91 Å². The number of aliphatic hydroxyl groups is 1. The first-order valence-corrected chi connectivity index (χ1v) is 9.99. The van der Waals surface area contributed by atoms with Crippen LogP contribution in [0.4, 0.5) is 0 Å². The van der Waals surface area contributed by atoms with E-state index in [1.807, 2.05) is 24.3 Å². The average molecular weight is 432 g/mol. The van der Waals surface area contributed by atoms with Crippen LogP contribution in [-0.2, 0) is 10.4 Å². The van der Waals surface area contributed by atoms with Gasteiger partial charge in [-0.25, -0.2) is 4.98 Å². The van der Waals surface area contributed by atoms with Crippen molar-refractivity contribution in [3.63, 3.8) is 0 Å². The summed E-state index contributed by atoms with van der Waals surface area (Å²) in [5, 5.41) is 22.4. The fourth-order valence-electron chi connectivity index (χ4n) is 4.04. The molecule has 162 valence electrons. The van der Waals surface area contributed by atoms with Crippen molar-refractivity contribution in [3.8, 4) is 22.5 Å². The van der Waals surface area contributed by atoms with E-state index in [9.17, 15) is 14.7 Å². The maximum atomic E-state index is 12.3. The van der Waals surface area contributed by atoms with E-state index in [2.05, 4.69) is 20.3 Å². The Kier molecular flexibility index (Phi) is 4.34. The highest BCUT2D eigenvalue weighted by atomic mass is 16.5. The molecule has 1 unspecified atom stereocenters. The van der Waals surface area contributed by atoms with E-state index in [4.69, 9.17) is 10.3 Å². The lowest BCUT2D eigenvalue weighted by atomic mass is 9.97. The van der Waals surface area contributed by atoms with Gasteiger partial charge in [-0.05, 0) is 19.1 Å². The molecule has 1 aromatic carbocycles. The number of likely N-dealkylation sites (N-methyl/N-ethyl adjacent to an activating group) is 1. The highest BCUT2D eigenvalue weighted by Gasteiger charge is 2.48. The molecule has 4 N–H and O–H groups in total. The molecule has 1 fully saturated rings. The molecule has 1 saturated heterocycles. The summed E-state index contributed by atoms with van der Waals surface area (Å²) >= 11 is 0. The van der Waals surface area contributed by atoms with Crippen LogP contribution in [0.1, 0.15) is 28.2 Å². The SMILES string of the molecule is Cc1[nH]nc2nc(-c3cccc(-c4cc(C5(O)CCN(C)C5=O)on4)c3)cc(C(N)=O)c12. The van der Waals surface area contributed by atoms with Crippen LogP contribution in [0.2, 0.25) is 0 Å². The second-order valence-electron chi connectivity index (χ2n) is 7.96. The number of pyridine rings is 1. The molecule has 4 aromatic rings. The zero-order chi connectivity index (χ0) is 22.6. The first kappa shape index (κ1) is 19.9. The zero-order valence-corrected chi connectivity index (χ0v) is 17.4. The number of aromatic amines is 1. The molecule has 0 aliphatic carbocycles. The summed E-state index contributed by atoms with van der Waals surface area (Å²) < 4.78 is 5.34. The molecule has 3 aromatic heterocycles. The second-order valence-corrected chi connectivity index (χ2v) is 7.96. The Balaban J connectivity index is 1.55. The third kappa shape index (κ3) is 2.95. The van der Waals surface area contributed by atoms with Crippen LogP contribution in [0.25, 0.3) is 33.5 Å². The zero-order valence-electron chi connectivity index (χ0n) is 17.4. The van der Waals surface area contributed by atoms with Gasteiger partial charge in [-0.3, -0.25) is 14.7 Å². The number of hydrogen-bond acceptors (Lipinski definition) is 7. The summed E-state index contributed by atoms with van der Waals surface area (Å²) in [5.74, 6) is -0.880. The smallest absolute Gasteiger partial charge is 0.262 e. The summed E-state index contributed by atoms with van der Waals surface area (Å²) in [7, 11) is 1.63. The number of carbonyl (C=O) groups excluding carboxylic acids is 2. The molecule has 0 spiro atoms. The van der Waals surface area contributed by atoms with Gasteiger partial charge >= 0.3 is 0 Å². The van der Waals surface area contributed by atoms with E-state index >= 15 is 0 Å². The highest BCUT2D eigenvalue weighted by Crippen LogP contribution is 2.35. The van der Waals surface area contributed by atoms with Gasteiger partial charge in [0, 0.05) is 42.9 Å². The van der Waals surface area contributed by atoms with Gasteiger partial charge in [0.2, 0.25) is 11.5 Å². The number of carbonyl (C=O) groups is 2. The number of nitrogens with two attached hydrogens (primary N) is 1. The Hall–Kier alpha value is -4.05. The van der Waals surface area contributed by atoms with E-state index in [0.29, 0.717) is 51.4 Å². The number of H-pyrrole nitrogens is 1. The molecule has 0 saturated carbocycles. The monoisotopic (exact) mass is 432 g/mol. The molecule has 1 aliphatic rings. The number of rotatable bonds is 4. The highest BCUT2D eigenvalue weighted by molar-refractivity contribution is 6.06. The van der Waals surface area contributed by atoms with Crippen molar-refractivity contribution in [2.45, 2.75) is 18.9 Å². The minimum atomic E-state index is -1.71. The summed E-state index contributed by atoms with van der Waals surface area (Å²) in [6, 6.07) is 10.5. The standard InChI is InChI=1S/C22H20N6O4/c1-11-18-14(19(23)29)9-15(24-20(18)26-25-11)12-4-3-5-13(8-12)16-10-17(32-27-16)22(31)6-7-28(2)21(22)30/h3-5,8-10,31H,6-7H2,1-2H3,(H2,23,29)(H,24,25,26). The van der Waals surface area contributed by atoms with Crippen molar-refractivity contribution in [1.82, 2.24) is 25.2 Å². The molecule has 0 radical (unpaired) electrons. The molecule has 10 heteroatoms. The van der Waals surface area contributed by atoms with E-state index < -0.39 is 17.4 Å². The summed E-state index contributed by atoms with van der Waals surface area (Å²) in [6.07, 6.45) is 0.236. The number of nitrogens with zero attached hydrogens (tertiary/aromatic N) is 4. The number of nitrogens with one attached hydrogen (secondary N) is 1. The molecule has 2 amide bonds. The van der Waals surface area contributed by atoms with E-state index in [1.54, 1.807) is 26.1 Å². The van der Waals surface area contributed by atoms with Crippen molar-refractivity contribution >= 4 is 22.8 Å². The lowest BCUT2D eigenvalue weighted by Gasteiger charge is -2.16. The van der Waals surface area contributed by atoms with Crippen LogP contribution in [-0.4, -0.2) is 55.8 Å². The number of aryl methyl sites for hydroxylation is 1. The van der Waals surface area contributed by atoms with Crippen LogP contribution >= 0.6 is 0 Å². The quantitative estimate of drug-likeness (QED) is 0.444. The molecule has 10 nitrogen and oxygen atoms in total. The summed E-state index contributed by atoms with van der Waals surface area (Å²) in [6.45, 7) is 2.23. The normalized spacial score (nSPS) is 18.6. The van der Waals surface area contributed by atoms with Crippen LogP contribution in [0.3, 0.4) is 0 Å². The Morgan fingerprint density at radius 1 is 1.25 bits per heavy atom. The fourth-order valence-corrected chi connectivity index (χ4v) is 4.04. The number of primary amides is 1. The topological polar surface area (TPSA) is 151 Å². The molecule has 1 atom stereocenters. The Morgan fingerprint density at radius 3 is 2.69 bits per heavy atom. The van der Waals surface area contributed by atoms with E-state index in [0.717, 1.165) is 0 Å². The Labute approximate surface area is 182 Å². The molecular formula is C22H20N6O4. The molecule has 5 rings (SSSR count). The summed E-state index contributed by atoms with van der Waals surface area (Å²) in [4.78, 5) is 30.4. The van der Waals surface area contributed by atoms with Gasteiger partial charge in [-0.15, -0.1) is 0 Å². The van der Waals surface area contributed by atoms with Crippen LogP contribution < -0.4 is 5.73 Å². The largest absolute Gasteiger partial charge is 0.373 e. The van der Waals surface area contributed by atoms with Gasteiger partial charge in [-0.2, -0.15) is 5.10 Å². The molecule has 0 bridgehead atoms. The predicted octanol–water partition coefficient (Wildman–Crippen LogP) is 1.74. The maximum Gasteiger partial charge on any atom is 0.262 e. The Morgan fingerprint density at radius 2 is 2.00 bits per heavy atom. The van der Waals surface area contributed by atoms with Crippen molar-refractivity contribution < 1.29 is 19.2 Å². The molecular weight excluding hydrogens is 412 g/mol. The first-order chi connectivity index (χ1) is 15.3. The number of hydrogen-bond donors (Lipinski definition) is 3. The first-order valence-electron chi connectivity index (χ1n) is 9.99. The Bertz CT molecular complexity index is 1390. The van der Waals surface area contributed by atoms with Crippen LogP contribution in [0.15, 0.2) is 40.9 Å². The van der Waals surface area contributed by atoms with Gasteiger partial charge in [-0.1, -0.05) is 23.4 Å². The van der Waals surface area contributed by atoms with Gasteiger partial charge in [0.05, 0.1) is 16.6 Å². The van der Waals surface area contributed by atoms with Crippen molar-refractivity contribution in [2.75, 3.05) is 13.6 Å². The average Bonchev–Trinajstić information content (AvgIpc) is 3.49. The number of aromatic nitrogens is 4. The van der Waals surface area contributed by atoms with Crippen LogP contribution in [0, 0.1) is 6.92 Å². The van der Waals surface area contributed by atoms with Gasteiger partial charge in [0.1, 0.15) is 5.69 Å². The number of benzene rings is 1. The minimum Gasteiger partial charge on any atom is -0.373 e. The maximum absolute atomic E-state index is 12.3. The van der Waals surface area contributed by atoms with Gasteiger partial charge < -0.3 is 20.3 Å². The van der Waals surface area contributed by atoms with E-state index in [-0.39, 0.29) is 12.2 Å². The lowest BCUT2D eigenvalue weighted by molar-refractivity contribution is -0.144. The summed E-state index contributed by atoms with van der Waals surface area (Å²) in [5.41, 5.74) is 7.71. The van der Waals surface area contributed by atoms with Crippen molar-refractivity contribution in [3.05, 3.63) is 53.4 Å². The minimum absolute atomic E-state index is 0.106. The van der Waals surface area contributed by atoms with Gasteiger partial charge in [0.15, 0.2) is 11.4 Å². The molecule has 1 aliphatic heterocycles. The fraction of sp³-hybridized carbons (Fsp3) is 0.227. The van der Waals surface area contributed by atoms with E-state index in [1.165, 1.54) is 4.90 Å². The number of amides is 2. The second kappa shape index (κ2) is 6.99. The van der Waals surface area contributed by atoms with Crippen molar-refractivity contribution in [2.24, 2.45) is 5.73 Å². The third-order valence-corrected chi connectivity index (χ3v) is 5.85. The molecule has 32 heavy (non-hydrogen) atoms. The third-order valence-electron chi connectivity index (χ3n) is 5.85. The van der Waals surface area contributed by atoms with Crippen molar-refractivity contribution in [1.29, 1.82) is 0 Å².